The van der Waals surface area contributed by atoms with E-state index in [1.807, 2.05) is 19.1 Å². The first-order valence-electron chi connectivity index (χ1n) is 7.36. The Balaban J connectivity index is 2.00. The van der Waals surface area contributed by atoms with E-state index in [0.29, 0.717) is 12.0 Å². The van der Waals surface area contributed by atoms with Gasteiger partial charge >= 0.3 is 0 Å². The number of rotatable bonds is 7. The Morgan fingerprint density at radius 3 is 2.70 bits per heavy atom. The fourth-order valence-corrected chi connectivity index (χ4v) is 2.17. The molecule has 3 heteroatoms. The summed E-state index contributed by atoms with van der Waals surface area (Å²) in [6.45, 7) is 8.75. The van der Waals surface area contributed by atoms with E-state index in [1.165, 1.54) is 5.39 Å². The number of ether oxygens (including phenoxy) is 1. The quantitative estimate of drug-likeness (QED) is 0.839. The maximum Gasteiger partial charge on any atom is 0.0705 e. The van der Waals surface area contributed by atoms with E-state index in [0.717, 1.165) is 31.0 Å². The zero-order valence-electron chi connectivity index (χ0n) is 12.6. The third-order valence-electron chi connectivity index (χ3n) is 3.51. The molecule has 1 aromatic heterocycles. The minimum Gasteiger partial charge on any atom is -0.380 e. The summed E-state index contributed by atoms with van der Waals surface area (Å²) in [6.07, 6.45) is 0. The Labute approximate surface area is 121 Å². The van der Waals surface area contributed by atoms with Crippen LogP contribution in [0.4, 0.5) is 0 Å². The molecule has 0 radical (unpaired) electrons. The summed E-state index contributed by atoms with van der Waals surface area (Å²) in [5.41, 5.74) is 2.13. The van der Waals surface area contributed by atoms with E-state index in [9.17, 15) is 0 Å². The monoisotopic (exact) mass is 272 g/mol. The van der Waals surface area contributed by atoms with E-state index in [4.69, 9.17) is 4.74 Å². The summed E-state index contributed by atoms with van der Waals surface area (Å²) in [6, 6.07) is 12.8. The topological polar surface area (TPSA) is 34.1 Å². The van der Waals surface area contributed by atoms with Crippen molar-refractivity contribution >= 4 is 10.9 Å². The molecule has 0 fully saturated rings. The van der Waals surface area contributed by atoms with Gasteiger partial charge in [0.05, 0.1) is 17.8 Å². The molecule has 2 rings (SSSR count). The fraction of sp³-hybridized carbons (Fsp3) is 0.471. The molecular weight excluding hydrogens is 248 g/mol. The van der Waals surface area contributed by atoms with Gasteiger partial charge in [0.2, 0.25) is 0 Å². The lowest BCUT2D eigenvalue weighted by molar-refractivity contribution is 0.107. The van der Waals surface area contributed by atoms with Crippen LogP contribution >= 0.6 is 0 Å². The van der Waals surface area contributed by atoms with Crippen LogP contribution in [0.3, 0.4) is 0 Å². The average molecular weight is 272 g/mol. The highest BCUT2D eigenvalue weighted by atomic mass is 16.5. The number of benzene rings is 1. The summed E-state index contributed by atoms with van der Waals surface area (Å²) < 4.78 is 5.53. The van der Waals surface area contributed by atoms with Crippen molar-refractivity contribution in [3.05, 3.63) is 42.1 Å². The molecule has 1 aromatic carbocycles. The van der Waals surface area contributed by atoms with Gasteiger partial charge in [0.15, 0.2) is 0 Å². The van der Waals surface area contributed by atoms with E-state index in [1.54, 1.807) is 0 Å². The van der Waals surface area contributed by atoms with Gasteiger partial charge in [0.1, 0.15) is 0 Å². The standard InChI is InChI=1S/C17H24N2O/c1-4-20-12-17(13(2)3)18-11-15-10-9-14-7-5-6-8-16(14)19-15/h5-10,13,17-18H,4,11-12H2,1-3H3. The van der Waals surface area contributed by atoms with Crippen molar-refractivity contribution in [3.8, 4) is 0 Å². The van der Waals surface area contributed by atoms with Crippen molar-refractivity contribution in [3.63, 3.8) is 0 Å². The smallest absolute Gasteiger partial charge is 0.0705 e. The van der Waals surface area contributed by atoms with Crippen LogP contribution in [0.25, 0.3) is 10.9 Å². The molecule has 2 aromatic rings. The maximum absolute atomic E-state index is 5.53. The summed E-state index contributed by atoms with van der Waals surface area (Å²) in [5.74, 6) is 0.544. The molecule has 0 amide bonds. The van der Waals surface area contributed by atoms with Gasteiger partial charge in [0, 0.05) is 24.6 Å². The molecule has 20 heavy (non-hydrogen) atoms. The Kier molecular flexibility index (Phi) is 5.50. The second-order valence-corrected chi connectivity index (χ2v) is 5.39. The number of hydrogen-bond acceptors (Lipinski definition) is 3. The van der Waals surface area contributed by atoms with Gasteiger partial charge in [-0.2, -0.15) is 0 Å². The van der Waals surface area contributed by atoms with Crippen LogP contribution in [0, 0.1) is 5.92 Å². The Bertz CT molecular complexity index is 539. The van der Waals surface area contributed by atoms with Gasteiger partial charge < -0.3 is 10.1 Å². The first-order valence-corrected chi connectivity index (χ1v) is 7.36. The number of nitrogens with zero attached hydrogens (tertiary/aromatic N) is 1. The van der Waals surface area contributed by atoms with Crippen molar-refractivity contribution in [1.82, 2.24) is 10.3 Å². The number of fused-ring (bicyclic) bond motifs is 1. The highest BCUT2D eigenvalue weighted by Gasteiger charge is 2.12. The minimum atomic E-state index is 0.364. The molecule has 0 saturated carbocycles. The Hall–Kier alpha value is -1.45. The molecule has 1 unspecified atom stereocenters. The predicted octanol–water partition coefficient (Wildman–Crippen LogP) is 3.39. The molecule has 1 heterocycles. The zero-order chi connectivity index (χ0) is 14.4. The highest BCUT2D eigenvalue weighted by Crippen LogP contribution is 2.12. The first kappa shape index (κ1) is 14.9. The van der Waals surface area contributed by atoms with Crippen LogP contribution in [0.1, 0.15) is 26.5 Å². The third-order valence-corrected chi connectivity index (χ3v) is 3.51. The number of para-hydroxylation sites is 1. The highest BCUT2D eigenvalue weighted by molar-refractivity contribution is 5.78. The van der Waals surface area contributed by atoms with Crippen molar-refractivity contribution in [2.75, 3.05) is 13.2 Å². The summed E-state index contributed by atoms with van der Waals surface area (Å²) >= 11 is 0. The molecule has 108 valence electrons. The third kappa shape index (κ3) is 4.02. The second-order valence-electron chi connectivity index (χ2n) is 5.39. The SMILES string of the molecule is CCOCC(NCc1ccc2ccccc2n1)C(C)C. The normalized spacial score (nSPS) is 13.0. The summed E-state index contributed by atoms with van der Waals surface area (Å²) in [4.78, 5) is 4.68. The molecule has 0 aliphatic heterocycles. The summed E-state index contributed by atoms with van der Waals surface area (Å²) in [7, 11) is 0. The van der Waals surface area contributed by atoms with Crippen molar-refractivity contribution in [1.29, 1.82) is 0 Å². The molecule has 0 aliphatic carbocycles. The van der Waals surface area contributed by atoms with Gasteiger partial charge in [-0.3, -0.25) is 4.98 Å². The van der Waals surface area contributed by atoms with E-state index in [-0.39, 0.29) is 0 Å². The number of pyridine rings is 1. The van der Waals surface area contributed by atoms with Gasteiger partial charge in [-0.15, -0.1) is 0 Å². The van der Waals surface area contributed by atoms with Crippen molar-refractivity contribution in [2.24, 2.45) is 5.92 Å². The second kappa shape index (κ2) is 7.36. The number of aromatic nitrogens is 1. The molecule has 0 saturated heterocycles. The van der Waals surface area contributed by atoms with Crippen LogP contribution in [0.15, 0.2) is 36.4 Å². The van der Waals surface area contributed by atoms with Crippen molar-refractivity contribution in [2.45, 2.75) is 33.4 Å². The predicted molar refractivity (Wildman–Crippen MR) is 83.7 cm³/mol. The van der Waals surface area contributed by atoms with Crippen LogP contribution < -0.4 is 5.32 Å². The van der Waals surface area contributed by atoms with Crippen LogP contribution in [0.2, 0.25) is 0 Å². The molecule has 1 N–H and O–H groups in total. The van der Waals surface area contributed by atoms with E-state index in [2.05, 4.69) is 48.4 Å². The van der Waals surface area contributed by atoms with E-state index >= 15 is 0 Å². The Morgan fingerprint density at radius 2 is 1.95 bits per heavy atom. The number of nitrogens with one attached hydrogen (secondary N) is 1. The van der Waals surface area contributed by atoms with Gasteiger partial charge in [-0.1, -0.05) is 38.1 Å². The molecular formula is C17H24N2O. The molecule has 3 nitrogen and oxygen atoms in total. The van der Waals surface area contributed by atoms with Crippen LogP contribution in [0.5, 0.6) is 0 Å². The first-order chi connectivity index (χ1) is 9.70. The lowest BCUT2D eigenvalue weighted by Gasteiger charge is -2.22. The zero-order valence-corrected chi connectivity index (χ0v) is 12.6. The molecule has 0 spiro atoms. The van der Waals surface area contributed by atoms with Gasteiger partial charge in [0.25, 0.3) is 0 Å². The Morgan fingerprint density at radius 1 is 1.15 bits per heavy atom. The molecule has 1 atom stereocenters. The van der Waals surface area contributed by atoms with Crippen LogP contribution in [-0.4, -0.2) is 24.2 Å². The molecule has 0 bridgehead atoms. The van der Waals surface area contributed by atoms with Crippen LogP contribution in [-0.2, 0) is 11.3 Å². The number of hydrogen-bond donors (Lipinski definition) is 1. The lowest BCUT2D eigenvalue weighted by Crippen LogP contribution is -2.37. The van der Waals surface area contributed by atoms with E-state index < -0.39 is 0 Å². The molecule has 0 aliphatic rings. The largest absolute Gasteiger partial charge is 0.380 e. The average Bonchev–Trinajstić information content (AvgIpc) is 2.46. The summed E-state index contributed by atoms with van der Waals surface area (Å²) in [5, 5.41) is 4.73. The van der Waals surface area contributed by atoms with Gasteiger partial charge in [-0.05, 0) is 25.0 Å². The maximum atomic E-state index is 5.53. The fourth-order valence-electron chi connectivity index (χ4n) is 2.17. The van der Waals surface area contributed by atoms with Gasteiger partial charge in [-0.25, -0.2) is 0 Å². The lowest BCUT2D eigenvalue weighted by atomic mass is 10.1. The minimum absolute atomic E-state index is 0.364. The van der Waals surface area contributed by atoms with Crippen molar-refractivity contribution < 1.29 is 4.74 Å².